The number of piperazine rings is 1. The van der Waals surface area contributed by atoms with E-state index in [0.717, 1.165) is 42.6 Å². The summed E-state index contributed by atoms with van der Waals surface area (Å²) in [6.45, 7) is 4.29. The van der Waals surface area contributed by atoms with E-state index in [-0.39, 0.29) is 17.2 Å². The van der Waals surface area contributed by atoms with Crippen molar-refractivity contribution >= 4 is 16.9 Å². The van der Waals surface area contributed by atoms with Crippen molar-refractivity contribution in [3.63, 3.8) is 0 Å². The summed E-state index contributed by atoms with van der Waals surface area (Å²) < 4.78 is 0. The monoisotopic (exact) mass is 363 g/mol. The maximum Gasteiger partial charge on any atom is 0.255 e. The van der Waals surface area contributed by atoms with Crippen LogP contribution in [0.2, 0.25) is 0 Å². The lowest BCUT2D eigenvalue weighted by atomic mass is 10.0. The summed E-state index contributed by atoms with van der Waals surface area (Å²) in [5, 5.41) is 21.0. The topological polar surface area (TPSA) is 94.1 Å². The van der Waals surface area contributed by atoms with Gasteiger partial charge in [0, 0.05) is 25.2 Å². The molecule has 1 aliphatic heterocycles. The molecule has 1 spiro atoms. The van der Waals surface area contributed by atoms with Crippen molar-refractivity contribution in [2.24, 2.45) is 0 Å². The third kappa shape index (κ3) is 2.57. The van der Waals surface area contributed by atoms with E-state index in [9.17, 15) is 9.90 Å². The zero-order valence-corrected chi connectivity index (χ0v) is 15.1. The molecule has 1 amide bonds. The maximum absolute atomic E-state index is 13.5. The number of amides is 1. The number of pyridine rings is 1. The molecule has 3 aromatic rings. The van der Waals surface area contributed by atoms with Crippen molar-refractivity contribution < 1.29 is 9.90 Å². The SMILES string of the molecule is Cc1n[nH]c2nc(-c3ccc(O)cc3)cc(C(=O)N3CCNCC34CC4)c12. The smallest absolute Gasteiger partial charge is 0.255 e. The van der Waals surface area contributed by atoms with Gasteiger partial charge >= 0.3 is 0 Å². The van der Waals surface area contributed by atoms with Crippen LogP contribution in [0.5, 0.6) is 5.75 Å². The first-order valence-corrected chi connectivity index (χ1v) is 9.25. The number of nitrogens with zero attached hydrogens (tertiary/aromatic N) is 3. The van der Waals surface area contributed by atoms with Crippen LogP contribution in [-0.2, 0) is 0 Å². The molecule has 0 atom stereocenters. The number of fused-ring (bicyclic) bond motifs is 1. The molecule has 0 unspecified atom stereocenters. The Morgan fingerprint density at radius 3 is 2.78 bits per heavy atom. The number of aromatic amines is 1. The summed E-state index contributed by atoms with van der Waals surface area (Å²) in [5.41, 5.74) is 3.54. The second kappa shape index (κ2) is 5.79. The number of carbonyl (C=O) groups is 1. The number of phenolic OH excluding ortho intramolecular Hbond substituents is 1. The molecule has 1 aliphatic carbocycles. The number of hydrogen-bond donors (Lipinski definition) is 3. The maximum atomic E-state index is 13.5. The van der Waals surface area contributed by atoms with Gasteiger partial charge < -0.3 is 15.3 Å². The van der Waals surface area contributed by atoms with Gasteiger partial charge in [-0.1, -0.05) is 0 Å². The number of carbonyl (C=O) groups excluding carboxylic acids is 1. The molecule has 0 radical (unpaired) electrons. The van der Waals surface area contributed by atoms with Crippen LogP contribution in [0.3, 0.4) is 0 Å². The number of H-pyrrole nitrogens is 1. The second-order valence-corrected chi connectivity index (χ2v) is 7.49. The van der Waals surface area contributed by atoms with Gasteiger partial charge in [0.2, 0.25) is 0 Å². The molecule has 2 aromatic heterocycles. The predicted octanol–water partition coefficient (Wildman–Crippen LogP) is 2.22. The number of aryl methyl sites for hydroxylation is 1. The quantitative estimate of drug-likeness (QED) is 0.649. The molecule has 3 N–H and O–H groups in total. The van der Waals surface area contributed by atoms with Gasteiger partial charge in [-0.3, -0.25) is 9.89 Å². The lowest BCUT2D eigenvalue weighted by Crippen LogP contribution is -2.55. The number of hydrogen-bond acceptors (Lipinski definition) is 5. The van der Waals surface area contributed by atoms with Crippen LogP contribution in [0.1, 0.15) is 28.9 Å². The van der Waals surface area contributed by atoms with Gasteiger partial charge in [0.25, 0.3) is 5.91 Å². The first-order chi connectivity index (χ1) is 13.1. The molecule has 138 valence electrons. The Morgan fingerprint density at radius 1 is 1.26 bits per heavy atom. The standard InChI is InChI=1S/C20H21N5O2/c1-12-17-15(19(27)25-9-8-21-11-20(25)6-7-20)10-16(22-18(17)24-23-12)13-2-4-14(26)5-3-13/h2-5,10,21,26H,6-9,11H2,1H3,(H,22,23,24). The summed E-state index contributed by atoms with van der Waals surface area (Å²) in [6.07, 6.45) is 2.10. The number of nitrogens with one attached hydrogen (secondary N) is 2. The van der Waals surface area contributed by atoms with Gasteiger partial charge in [-0.2, -0.15) is 5.10 Å². The van der Waals surface area contributed by atoms with Crippen LogP contribution >= 0.6 is 0 Å². The molecular formula is C20H21N5O2. The molecule has 1 saturated heterocycles. The van der Waals surface area contributed by atoms with Crippen molar-refractivity contribution in [3.8, 4) is 17.0 Å². The van der Waals surface area contributed by atoms with E-state index >= 15 is 0 Å². The van der Waals surface area contributed by atoms with Crippen LogP contribution in [0.15, 0.2) is 30.3 Å². The average molecular weight is 363 g/mol. The fraction of sp³-hybridized carbons (Fsp3) is 0.350. The molecule has 1 saturated carbocycles. The van der Waals surface area contributed by atoms with Crippen LogP contribution < -0.4 is 5.32 Å². The first kappa shape index (κ1) is 16.3. The Morgan fingerprint density at radius 2 is 2.04 bits per heavy atom. The van der Waals surface area contributed by atoms with Gasteiger partial charge in [0.15, 0.2) is 5.65 Å². The average Bonchev–Trinajstić information content (AvgIpc) is 3.34. The Bertz CT molecular complexity index is 1040. The van der Waals surface area contributed by atoms with E-state index in [4.69, 9.17) is 0 Å². The Hall–Kier alpha value is -2.93. The van der Waals surface area contributed by atoms with Crippen molar-refractivity contribution in [1.29, 1.82) is 0 Å². The highest BCUT2D eigenvalue weighted by Crippen LogP contribution is 2.43. The first-order valence-electron chi connectivity index (χ1n) is 9.25. The third-order valence-electron chi connectivity index (χ3n) is 5.72. The molecular weight excluding hydrogens is 342 g/mol. The van der Waals surface area contributed by atoms with E-state index in [0.29, 0.717) is 23.4 Å². The van der Waals surface area contributed by atoms with E-state index in [2.05, 4.69) is 20.5 Å². The number of aromatic hydroxyl groups is 1. The molecule has 7 nitrogen and oxygen atoms in total. The summed E-state index contributed by atoms with van der Waals surface area (Å²) >= 11 is 0. The molecule has 3 heterocycles. The van der Waals surface area contributed by atoms with E-state index in [1.54, 1.807) is 24.3 Å². The molecule has 5 rings (SSSR count). The lowest BCUT2D eigenvalue weighted by molar-refractivity contribution is 0.0602. The molecule has 27 heavy (non-hydrogen) atoms. The lowest BCUT2D eigenvalue weighted by Gasteiger charge is -2.37. The number of aromatic nitrogens is 3. The van der Waals surface area contributed by atoms with Crippen LogP contribution in [0.25, 0.3) is 22.3 Å². The van der Waals surface area contributed by atoms with Gasteiger partial charge in [-0.25, -0.2) is 4.98 Å². The fourth-order valence-electron chi connectivity index (χ4n) is 4.03. The van der Waals surface area contributed by atoms with E-state index in [1.807, 2.05) is 17.9 Å². The minimum Gasteiger partial charge on any atom is -0.508 e. The summed E-state index contributed by atoms with van der Waals surface area (Å²) in [7, 11) is 0. The summed E-state index contributed by atoms with van der Waals surface area (Å²) in [4.78, 5) is 20.2. The Labute approximate surface area is 156 Å². The van der Waals surface area contributed by atoms with Crippen LogP contribution in [0.4, 0.5) is 0 Å². The summed E-state index contributed by atoms with van der Waals surface area (Å²) in [6, 6.07) is 8.70. The van der Waals surface area contributed by atoms with Crippen LogP contribution in [0, 0.1) is 6.92 Å². The Kier molecular flexibility index (Phi) is 3.48. The number of rotatable bonds is 2. The minimum absolute atomic E-state index is 0.0265. The molecule has 0 bridgehead atoms. The van der Waals surface area contributed by atoms with E-state index < -0.39 is 0 Å². The van der Waals surface area contributed by atoms with Gasteiger partial charge in [0.1, 0.15) is 5.75 Å². The minimum atomic E-state index is -0.0265. The van der Waals surface area contributed by atoms with Crippen molar-refractivity contribution in [2.45, 2.75) is 25.3 Å². The molecule has 2 aliphatic rings. The highest BCUT2D eigenvalue weighted by molar-refractivity contribution is 6.07. The highest BCUT2D eigenvalue weighted by Gasteiger charge is 2.51. The Balaban J connectivity index is 1.65. The number of phenols is 1. The van der Waals surface area contributed by atoms with E-state index in [1.165, 1.54) is 0 Å². The summed E-state index contributed by atoms with van der Waals surface area (Å²) in [5.74, 6) is 0.246. The van der Waals surface area contributed by atoms with Crippen LogP contribution in [-0.4, -0.2) is 56.3 Å². The fourth-order valence-corrected chi connectivity index (χ4v) is 4.03. The zero-order valence-electron chi connectivity index (χ0n) is 15.1. The molecule has 1 aromatic carbocycles. The molecule has 7 heteroatoms. The van der Waals surface area contributed by atoms with Crippen molar-refractivity contribution in [1.82, 2.24) is 25.4 Å². The largest absolute Gasteiger partial charge is 0.508 e. The number of benzene rings is 1. The third-order valence-corrected chi connectivity index (χ3v) is 5.72. The highest BCUT2D eigenvalue weighted by atomic mass is 16.3. The normalized spacial score (nSPS) is 18.2. The predicted molar refractivity (Wildman–Crippen MR) is 102 cm³/mol. The second-order valence-electron chi connectivity index (χ2n) is 7.49. The van der Waals surface area contributed by atoms with Crippen molar-refractivity contribution in [3.05, 3.63) is 41.6 Å². The van der Waals surface area contributed by atoms with Gasteiger partial charge in [-0.15, -0.1) is 0 Å². The van der Waals surface area contributed by atoms with Crippen molar-refractivity contribution in [2.75, 3.05) is 19.6 Å². The zero-order chi connectivity index (χ0) is 18.6. The van der Waals surface area contributed by atoms with Gasteiger partial charge in [0.05, 0.1) is 27.9 Å². The van der Waals surface area contributed by atoms with Gasteiger partial charge in [-0.05, 0) is 50.1 Å². The molecule has 2 fully saturated rings.